The molecule has 0 bridgehead atoms. The fourth-order valence-corrected chi connectivity index (χ4v) is 1.81. The number of ether oxygens (including phenoxy) is 2. The lowest BCUT2D eigenvalue weighted by Crippen LogP contribution is -2.17. The molecule has 24 heavy (non-hydrogen) atoms. The highest BCUT2D eigenvalue weighted by Gasteiger charge is 2.24. The first-order valence-electron chi connectivity index (χ1n) is 6.94. The standard InChI is InChI=1S/C16H16O8/c1-2-12(17)23-8-3-4-9-24-16(22)11-7-5-6-10(14(18)19)13(11)15(20)21/h2,5-7H,1,3-4,8-9H2,(H,18,19)(H,20,21). The van der Waals surface area contributed by atoms with Gasteiger partial charge in [0.15, 0.2) is 0 Å². The van der Waals surface area contributed by atoms with Crippen LogP contribution in [0.3, 0.4) is 0 Å². The van der Waals surface area contributed by atoms with Crippen molar-refractivity contribution in [2.75, 3.05) is 13.2 Å². The second-order valence-electron chi connectivity index (χ2n) is 4.55. The van der Waals surface area contributed by atoms with Gasteiger partial charge < -0.3 is 19.7 Å². The topological polar surface area (TPSA) is 127 Å². The van der Waals surface area contributed by atoms with E-state index in [4.69, 9.17) is 19.7 Å². The van der Waals surface area contributed by atoms with E-state index >= 15 is 0 Å². The van der Waals surface area contributed by atoms with Crippen LogP contribution >= 0.6 is 0 Å². The summed E-state index contributed by atoms with van der Waals surface area (Å²) in [4.78, 5) is 45.0. The fraction of sp³-hybridized carbons (Fsp3) is 0.250. The molecule has 0 atom stereocenters. The molecule has 1 aromatic carbocycles. The molecule has 8 heteroatoms. The van der Waals surface area contributed by atoms with Crippen molar-refractivity contribution in [1.82, 2.24) is 0 Å². The highest BCUT2D eigenvalue weighted by molar-refractivity contribution is 6.09. The van der Waals surface area contributed by atoms with E-state index in [9.17, 15) is 19.2 Å². The molecule has 0 aromatic heterocycles. The van der Waals surface area contributed by atoms with Crippen molar-refractivity contribution in [3.8, 4) is 0 Å². The van der Waals surface area contributed by atoms with Crippen LogP contribution in [0, 0.1) is 0 Å². The number of rotatable bonds is 9. The van der Waals surface area contributed by atoms with Crippen LogP contribution < -0.4 is 0 Å². The van der Waals surface area contributed by atoms with Gasteiger partial charge in [-0.15, -0.1) is 0 Å². The van der Waals surface area contributed by atoms with Crippen LogP contribution in [-0.4, -0.2) is 47.3 Å². The van der Waals surface area contributed by atoms with Crippen molar-refractivity contribution in [1.29, 1.82) is 0 Å². The Morgan fingerprint density at radius 2 is 1.54 bits per heavy atom. The SMILES string of the molecule is C=CC(=O)OCCCCOC(=O)c1cccc(C(=O)O)c1C(=O)O. The highest BCUT2D eigenvalue weighted by atomic mass is 16.5. The van der Waals surface area contributed by atoms with Crippen LogP contribution in [-0.2, 0) is 14.3 Å². The van der Waals surface area contributed by atoms with Crippen molar-refractivity contribution in [2.45, 2.75) is 12.8 Å². The van der Waals surface area contributed by atoms with Crippen LogP contribution in [0.25, 0.3) is 0 Å². The molecule has 8 nitrogen and oxygen atoms in total. The number of carbonyl (C=O) groups excluding carboxylic acids is 2. The summed E-state index contributed by atoms with van der Waals surface area (Å²) in [6.07, 6.45) is 1.86. The maximum atomic E-state index is 12.0. The number of hydrogen-bond acceptors (Lipinski definition) is 6. The summed E-state index contributed by atoms with van der Waals surface area (Å²) in [6, 6.07) is 3.54. The molecule has 0 heterocycles. The minimum atomic E-state index is -1.53. The summed E-state index contributed by atoms with van der Waals surface area (Å²) < 4.78 is 9.67. The van der Waals surface area contributed by atoms with E-state index in [1.807, 2.05) is 0 Å². The van der Waals surface area contributed by atoms with Gasteiger partial charge in [0.25, 0.3) is 0 Å². The Morgan fingerprint density at radius 3 is 2.08 bits per heavy atom. The van der Waals surface area contributed by atoms with Crippen molar-refractivity contribution in [2.24, 2.45) is 0 Å². The Balaban J connectivity index is 2.64. The number of unbranched alkanes of at least 4 members (excludes halogenated alkanes) is 1. The molecule has 0 saturated carbocycles. The van der Waals surface area contributed by atoms with E-state index in [-0.39, 0.29) is 18.8 Å². The minimum absolute atomic E-state index is 0.0270. The maximum absolute atomic E-state index is 12.0. The molecule has 0 aliphatic heterocycles. The number of aromatic carboxylic acids is 2. The zero-order valence-electron chi connectivity index (χ0n) is 12.7. The lowest BCUT2D eigenvalue weighted by Gasteiger charge is -2.09. The number of hydrogen-bond donors (Lipinski definition) is 2. The average molecular weight is 336 g/mol. The third-order valence-electron chi connectivity index (χ3n) is 2.91. The molecular formula is C16H16O8. The molecule has 1 aromatic rings. The largest absolute Gasteiger partial charge is 0.478 e. The van der Waals surface area contributed by atoms with E-state index in [0.717, 1.165) is 12.1 Å². The summed E-state index contributed by atoms with van der Waals surface area (Å²) >= 11 is 0. The monoisotopic (exact) mass is 336 g/mol. The molecule has 0 spiro atoms. The predicted octanol–water partition coefficient (Wildman–Crippen LogP) is 1.75. The Morgan fingerprint density at radius 1 is 0.958 bits per heavy atom. The summed E-state index contributed by atoms with van der Waals surface area (Å²) in [7, 11) is 0. The van der Waals surface area contributed by atoms with Gasteiger partial charge in [0.1, 0.15) is 0 Å². The highest BCUT2D eigenvalue weighted by Crippen LogP contribution is 2.17. The van der Waals surface area contributed by atoms with Gasteiger partial charge in [-0.3, -0.25) is 0 Å². The second-order valence-corrected chi connectivity index (χ2v) is 4.55. The molecule has 2 N–H and O–H groups in total. The van der Waals surface area contributed by atoms with Crippen LogP contribution in [0.1, 0.15) is 43.9 Å². The quantitative estimate of drug-likeness (QED) is 0.396. The van der Waals surface area contributed by atoms with E-state index < -0.39 is 35.0 Å². The van der Waals surface area contributed by atoms with Crippen LogP contribution in [0.4, 0.5) is 0 Å². The molecule has 0 aliphatic rings. The third kappa shape index (κ3) is 5.24. The first-order chi connectivity index (χ1) is 11.4. The summed E-state index contributed by atoms with van der Waals surface area (Å²) in [6.45, 7) is 3.35. The molecular weight excluding hydrogens is 320 g/mol. The molecule has 0 fully saturated rings. The fourth-order valence-electron chi connectivity index (χ4n) is 1.81. The molecule has 0 aliphatic carbocycles. The van der Waals surface area contributed by atoms with Gasteiger partial charge in [0.05, 0.1) is 29.9 Å². The number of carbonyl (C=O) groups is 4. The smallest absolute Gasteiger partial charge is 0.339 e. The first-order valence-corrected chi connectivity index (χ1v) is 6.94. The molecule has 0 saturated heterocycles. The molecule has 0 radical (unpaired) electrons. The Bertz CT molecular complexity index is 662. The van der Waals surface area contributed by atoms with Gasteiger partial charge in [-0.2, -0.15) is 0 Å². The van der Waals surface area contributed by atoms with Crippen LogP contribution in [0.2, 0.25) is 0 Å². The lowest BCUT2D eigenvalue weighted by molar-refractivity contribution is -0.137. The van der Waals surface area contributed by atoms with Crippen LogP contribution in [0.15, 0.2) is 30.9 Å². The predicted molar refractivity (Wildman–Crippen MR) is 81.0 cm³/mol. The Labute approximate surface area is 137 Å². The van der Waals surface area contributed by atoms with Crippen molar-refractivity contribution in [3.05, 3.63) is 47.5 Å². The van der Waals surface area contributed by atoms with Gasteiger partial charge in [-0.25, -0.2) is 19.2 Å². The van der Waals surface area contributed by atoms with Gasteiger partial charge in [-0.1, -0.05) is 12.6 Å². The number of benzene rings is 1. The number of esters is 2. The normalized spacial score (nSPS) is 9.83. The lowest BCUT2D eigenvalue weighted by atomic mass is 10.0. The van der Waals surface area contributed by atoms with Crippen LogP contribution in [0.5, 0.6) is 0 Å². The minimum Gasteiger partial charge on any atom is -0.478 e. The maximum Gasteiger partial charge on any atom is 0.339 e. The first kappa shape index (κ1) is 18.9. The Kier molecular flexibility index (Phi) is 7.15. The van der Waals surface area contributed by atoms with Crippen molar-refractivity contribution < 1.29 is 38.9 Å². The second kappa shape index (κ2) is 9.09. The van der Waals surface area contributed by atoms with Gasteiger partial charge in [-0.05, 0) is 25.0 Å². The summed E-state index contributed by atoms with van der Waals surface area (Å²) in [5, 5.41) is 18.1. The molecule has 1 rings (SSSR count). The summed E-state index contributed by atoms with van der Waals surface area (Å²) in [5.41, 5.74) is -1.44. The zero-order chi connectivity index (χ0) is 18.1. The van der Waals surface area contributed by atoms with Gasteiger partial charge in [0, 0.05) is 6.08 Å². The third-order valence-corrected chi connectivity index (χ3v) is 2.91. The molecule has 128 valence electrons. The molecule has 0 unspecified atom stereocenters. The zero-order valence-corrected chi connectivity index (χ0v) is 12.7. The van der Waals surface area contributed by atoms with E-state index in [1.54, 1.807) is 0 Å². The molecule has 0 amide bonds. The summed E-state index contributed by atoms with van der Waals surface area (Å²) in [5.74, 6) is -4.47. The van der Waals surface area contributed by atoms with E-state index in [1.165, 1.54) is 12.1 Å². The Hall–Kier alpha value is -3.16. The average Bonchev–Trinajstić information content (AvgIpc) is 2.56. The number of carboxylic acids is 2. The number of carboxylic acid groups (broad SMARTS) is 2. The van der Waals surface area contributed by atoms with Gasteiger partial charge in [0.2, 0.25) is 0 Å². The van der Waals surface area contributed by atoms with E-state index in [0.29, 0.717) is 12.8 Å². The van der Waals surface area contributed by atoms with Crippen molar-refractivity contribution >= 4 is 23.9 Å². The van der Waals surface area contributed by atoms with Gasteiger partial charge >= 0.3 is 23.9 Å². The van der Waals surface area contributed by atoms with Crippen molar-refractivity contribution in [3.63, 3.8) is 0 Å². The van der Waals surface area contributed by atoms with E-state index in [2.05, 4.69) is 6.58 Å².